The summed E-state index contributed by atoms with van der Waals surface area (Å²) >= 11 is 0. The zero-order valence-electron chi connectivity index (χ0n) is 39.5. The Morgan fingerprint density at radius 2 is 1.19 bits per heavy atom. The molecule has 6 heteroatoms. The molecule has 11 rings (SSSR count). The van der Waals surface area contributed by atoms with Crippen molar-refractivity contribution in [3.8, 4) is 62.1 Å². The molecule has 0 aliphatic rings. The summed E-state index contributed by atoms with van der Waals surface area (Å²) < 4.78 is 13.3. The van der Waals surface area contributed by atoms with Gasteiger partial charge in [-0.2, -0.15) is 18.2 Å². The number of ether oxygens (including phenoxy) is 1. The molecule has 5 nitrogen and oxygen atoms in total. The van der Waals surface area contributed by atoms with E-state index < -0.39 is 0 Å². The molecule has 0 spiro atoms. The summed E-state index contributed by atoms with van der Waals surface area (Å²) in [5.41, 5.74) is 15.3. The number of imidazole rings is 1. The van der Waals surface area contributed by atoms with Gasteiger partial charge >= 0.3 is 0 Å². The molecule has 0 saturated carbocycles. The van der Waals surface area contributed by atoms with E-state index in [1.54, 1.807) is 0 Å². The second kappa shape index (κ2) is 19.0. The molecule has 3 heterocycles. The Labute approximate surface area is 419 Å². The minimum atomic E-state index is -0.0222. The second-order valence-corrected chi connectivity index (χ2v) is 18.6. The van der Waals surface area contributed by atoms with Crippen LogP contribution in [0, 0.1) is 18.5 Å². The first kappa shape index (κ1) is 45.5. The van der Waals surface area contributed by atoms with E-state index in [1.165, 1.54) is 22.3 Å². The average molecular weight is 1080 g/mol. The van der Waals surface area contributed by atoms with Crippen LogP contribution in [0.25, 0.3) is 83.4 Å². The number of rotatable bonds is 11. The van der Waals surface area contributed by atoms with Gasteiger partial charge < -0.3 is 13.9 Å². The van der Waals surface area contributed by atoms with Crippen LogP contribution in [-0.2, 0) is 26.5 Å². The molecule has 11 aromatic rings. The molecule has 342 valence electrons. The third-order valence-corrected chi connectivity index (χ3v) is 13.4. The van der Waals surface area contributed by atoms with Crippen LogP contribution in [-0.4, -0.2) is 14.1 Å². The van der Waals surface area contributed by atoms with Crippen LogP contribution in [0.3, 0.4) is 0 Å². The molecule has 0 aliphatic carbocycles. The topological polar surface area (TPSA) is 35.9 Å². The summed E-state index contributed by atoms with van der Waals surface area (Å²) in [6.07, 6.45) is 7.91. The van der Waals surface area contributed by atoms with E-state index in [0.717, 1.165) is 85.1 Å². The number of pyridine rings is 1. The van der Waals surface area contributed by atoms with Crippen molar-refractivity contribution >= 4 is 32.8 Å². The van der Waals surface area contributed by atoms with E-state index in [9.17, 15) is 0 Å². The Balaban J connectivity index is 0.00000553. The zero-order valence-corrected chi connectivity index (χ0v) is 41.8. The molecular formula is C63H52N4OPt-2. The van der Waals surface area contributed by atoms with Gasteiger partial charge in [-0.15, -0.1) is 29.7 Å². The molecular weight excluding hydrogens is 1020 g/mol. The third kappa shape index (κ3) is 8.51. The molecule has 0 amide bonds. The summed E-state index contributed by atoms with van der Waals surface area (Å²) in [7, 11) is 0. The van der Waals surface area contributed by atoms with Crippen LogP contribution in [0.15, 0.2) is 194 Å². The number of aromatic nitrogens is 4. The summed E-state index contributed by atoms with van der Waals surface area (Å²) in [6, 6.07) is 73.5. The van der Waals surface area contributed by atoms with Crippen LogP contribution in [0.1, 0.15) is 64.5 Å². The Morgan fingerprint density at radius 3 is 1.84 bits per heavy atom. The van der Waals surface area contributed by atoms with Gasteiger partial charge in [0.1, 0.15) is 5.82 Å². The van der Waals surface area contributed by atoms with Gasteiger partial charge in [0, 0.05) is 49.8 Å². The number of fused-ring (bicyclic) bond motifs is 4. The van der Waals surface area contributed by atoms with Gasteiger partial charge in [-0.1, -0.05) is 186 Å². The van der Waals surface area contributed by atoms with Crippen molar-refractivity contribution < 1.29 is 30.4 Å². The maximum Gasteiger partial charge on any atom is 0.268 e. The molecule has 0 atom stereocenters. The van der Waals surface area contributed by atoms with Gasteiger partial charge in [0.15, 0.2) is 0 Å². The zero-order chi connectivity index (χ0) is 46.4. The molecule has 8 aromatic carbocycles. The maximum absolute atomic E-state index is 6.77. The number of nitrogens with zero attached hydrogens (tertiary/aromatic N) is 4. The summed E-state index contributed by atoms with van der Waals surface area (Å²) in [6.45, 7) is 11.4. The van der Waals surface area contributed by atoms with E-state index in [4.69, 9.17) is 9.72 Å². The largest absolute Gasteiger partial charge is 0.510 e. The molecule has 0 N–H and O–H groups in total. The Kier molecular flexibility index (Phi) is 12.5. The standard InChI is InChI=1S/C63H52N4O.Pt/c1-6-43(7-2)54-40-61(64-41-56(54)46-25-15-10-16-26-46)67-57-36-33-47(63(3,4)5)37-55(57)53-35-34-50(39-60(53)67)68-49-28-19-27-48(38-49)65-42-66(59-32-18-17-31-58(59)65)62-51(44-21-11-8-12-22-44)29-20-30-52(62)45-23-13-9-14-24-45;/h8-37,40-41,43H,6-7H2,1-5H3;/q-2;. The summed E-state index contributed by atoms with van der Waals surface area (Å²) in [5, 5.41) is 2.26. The van der Waals surface area contributed by atoms with E-state index in [-0.39, 0.29) is 26.5 Å². The van der Waals surface area contributed by atoms with Crippen molar-refractivity contribution in [2.75, 3.05) is 0 Å². The maximum atomic E-state index is 6.77. The number of hydrogen-bond acceptors (Lipinski definition) is 2. The van der Waals surface area contributed by atoms with Crippen molar-refractivity contribution in [3.63, 3.8) is 0 Å². The normalized spacial score (nSPS) is 11.7. The van der Waals surface area contributed by atoms with Crippen LogP contribution >= 0.6 is 0 Å². The second-order valence-electron chi connectivity index (χ2n) is 18.6. The number of para-hydroxylation sites is 3. The molecule has 0 saturated heterocycles. The minimum Gasteiger partial charge on any atom is -0.510 e. The number of benzene rings is 8. The van der Waals surface area contributed by atoms with Gasteiger partial charge in [-0.05, 0) is 86.3 Å². The van der Waals surface area contributed by atoms with E-state index in [0.29, 0.717) is 17.4 Å². The smallest absolute Gasteiger partial charge is 0.268 e. The Hall–Kier alpha value is -7.33. The van der Waals surface area contributed by atoms with Crippen LogP contribution in [0.5, 0.6) is 11.5 Å². The average Bonchev–Trinajstić information content (AvgIpc) is 3.93. The van der Waals surface area contributed by atoms with Gasteiger partial charge in [-0.3, -0.25) is 4.57 Å². The quantitative estimate of drug-likeness (QED) is 0.0956. The predicted molar refractivity (Wildman–Crippen MR) is 278 cm³/mol. The first-order valence-electron chi connectivity index (χ1n) is 23.7. The fourth-order valence-corrected chi connectivity index (χ4v) is 9.83. The van der Waals surface area contributed by atoms with Gasteiger partial charge in [0.05, 0.1) is 16.7 Å². The first-order valence-corrected chi connectivity index (χ1v) is 23.7. The molecule has 3 aromatic heterocycles. The number of hydrogen-bond donors (Lipinski definition) is 0. The fourth-order valence-electron chi connectivity index (χ4n) is 9.83. The van der Waals surface area contributed by atoms with Gasteiger partial charge in [0.25, 0.3) is 6.33 Å². The monoisotopic (exact) mass is 1080 g/mol. The van der Waals surface area contributed by atoms with E-state index in [2.05, 4.69) is 243 Å². The Bertz CT molecular complexity index is 3550. The SMILES string of the molecule is CCC(CC)c1cc(-n2c3[c-]c(Oc4[c-]c(-n5[c-][n+](-c6c(-c7ccccc7)cccc6-c6ccccc6)c6ccccc65)ccc4)ccc3c3cc(C(C)(C)C)ccc32)ncc1-c1ccccc1.[Pt]. The summed E-state index contributed by atoms with van der Waals surface area (Å²) in [4.78, 5) is 5.22. The van der Waals surface area contributed by atoms with Crippen LogP contribution < -0.4 is 9.30 Å². The molecule has 0 aliphatic heterocycles. The van der Waals surface area contributed by atoms with Crippen molar-refractivity contribution in [2.24, 2.45) is 0 Å². The minimum absolute atomic E-state index is 0. The van der Waals surface area contributed by atoms with Crippen molar-refractivity contribution in [3.05, 3.63) is 224 Å². The Morgan fingerprint density at radius 1 is 0.580 bits per heavy atom. The molecule has 0 unspecified atom stereocenters. The molecule has 0 bridgehead atoms. The molecule has 0 fully saturated rings. The first-order chi connectivity index (χ1) is 33.3. The molecule has 69 heavy (non-hydrogen) atoms. The van der Waals surface area contributed by atoms with Gasteiger partial charge in [0.2, 0.25) is 0 Å². The third-order valence-electron chi connectivity index (χ3n) is 13.4. The fraction of sp³-hybridized carbons (Fsp3) is 0.143. The van der Waals surface area contributed by atoms with E-state index in [1.807, 2.05) is 18.2 Å². The van der Waals surface area contributed by atoms with Crippen molar-refractivity contribution in [1.29, 1.82) is 0 Å². The van der Waals surface area contributed by atoms with Crippen molar-refractivity contribution in [1.82, 2.24) is 14.1 Å². The van der Waals surface area contributed by atoms with E-state index >= 15 is 0 Å². The van der Waals surface area contributed by atoms with Crippen LogP contribution in [0.4, 0.5) is 0 Å². The van der Waals surface area contributed by atoms with Crippen LogP contribution in [0.2, 0.25) is 0 Å². The summed E-state index contributed by atoms with van der Waals surface area (Å²) in [5.74, 6) is 2.41. The van der Waals surface area contributed by atoms with Gasteiger partial charge in [-0.25, -0.2) is 4.98 Å². The van der Waals surface area contributed by atoms with Crippen molar-refractivity contribution in [2.45, 2.75) is 58.8 Å². The molecule has 0 radical (unpaired) electrons. The predicted octanol–water partition coefficient (Wildman–Crippen LogP) is 15.8.